The number of Topliss-reactive ketones (excluding diaryl/α,β-unsaturated/α-hetero) is 2. The Morgan fingerprint density at radius 2 is 1.16 bits per heavy atom. The third-order valence-electron chi connectivity index (χ3n) is 7.69. The number of pyridine rings is 2. The van der Waals surface area contributed by atoms with Crippen LogP contribution >= 0.6 is 0 Å². The maximum Gasteiger partial charge on any atom is 0.187 e. The van der Waals surface area contributed by atoms with Crippen LogP contribution < -0.4 is 20.1 Å². The average molecular weight is 509 g/mol. The number of fused-ring (bicyclic) bond motifs is 5. The zero-order valence-electron chi connectivity index (χ0n) is 21.0. The number of ether oxygens (including phenoxy) is 2. The van der Waals surface area contributed by atoms with E-state index in [2.05, 4.69) is 22.8 Å². The Morgan fingerprint density at radius 3 is 1.61 bits per heavy atom. The second-order valence-electron chi connectivity index (χ2n) is 10.2. The van der Waals surface area contributed by atoms with Gasteiger partial charge in [-0.3, -0.25) is 9.59 Å². The van der Waals surface area contributed by atoms with Crippen molar-refractivity contribution in [2.75, 3.05) is 26.2 Å². The molecule has 2 unspecified atom stereocenters. The van der Waals surface area contributed by atoms with E-state index in [1.54, 1.807) is 0 Å². The van der Waals surface area contributed by atoms with E-state index in [0.29, 0.717) is 37.4 Å². The molecule has 0 bridgehead atoms. The van der Waals surface area contributed by atoms with Gasteiger partial charge in [0.1, 0.15) is 22.5 Å². The zero-order chi connectivity index (χ0) is 25.6. The molecule has 2 aromatic heterocycles. The van der Waals surface area contributed by atoms with Crippen molar-refractivity contribution in [1.29, 1.82) is 0 Å². The predicted octanol–water partition coefficient (Wildman–Crippen LogP) is 3.17. The summed E-state index contributed by atoms with van der Waals surface area (Å²) < 4.78 is 12.4. The molecular weight excluding hydrogens is 480 g/mol. The van der Waals surface area contributed by atoms with Gasteiger partial charge in [-0.15, -0.1) is 0 Å². The number of hydrogen-bond donors (Lipinski definition) is 2. The van der Waals surface area contributed by atoms with Crippen molar-refractivity contribution < 1.29 is 19.1 Å². The summed E-state index contributed by atoms with van der Waals surface area (Å²) in [5.41, 5.74) is 5.41. The van der Waals surface area contributed by atoms with Gasteiger partial charge >= 0.3 is 0 Å². The first-order chi connectivity index (χ1) is 18.6. The summed E-state index contributed by atoms with van der Waals surface area (Å²) in [5.74, 6) is 1.35. The minimum Gasteiger partial charge on any atom is -0.480 e. The normalized spacial score (nSPS) is 21.3. The Kier molecular flexibility index (Phi) is 5.78. The van der Waals surface area contributed by atoms with E-state index in [1.807, 2.05) is 36.4 Å². The molecule has 8 nitrogen and oxygen atoms in total. The number of aromatic nitrogens is 2. The van der Waals surface area contributed by atoms with Crippen LogP contribution in [0.2, 0.25) is 0 Å². The van der Waals surface area contributed by atoms with Crippen LogP contribution in [-0.4, -0.2) is 59.9 Å². The summed E-state index contributed by atoms with van der Waals surface area (Å²) in [7, 11) is 0. The van der Waals surface area contributed by atoms with Crippen molar-refractivity contribution in [3.8, 4) is 22.9 Å². The van der Waals surface area contributed by atoms with Crippen LogP contribution in [0.4, 0.5) is 0 Å². The number of piperidine rings is 2. The Balaban J connectivity index is 1.32. The fraction of sp³-hybridized carbons (Fsp3) is 0.333. The first-order valence-electron chi connectivity index (χ1n) is 13.3. The molecule has 192 valence electrons. The van der Waals surface area contributed by atoms with E-state index in [0.717, 1.165) is 70.3 Å². The van der Waals surface area contributed by atoms with Crippen LogP contribution in [-0.2, 0) is 22.4 Å². The topological polar surface area (TPSA) is 102 Å². The van der Waals surface area contributed by atoms with Crippen molar-refractivity contribution in [3.63, 3.8) is 0 Å². The Bertz CT molecular complexity index is 1480. The summed E-state index contributed by atoms with van der Waals surface area (Å²) in [6, 6.07) is 16.1. The molecule has 7 rings (SSSR count). The highest BCUT2D eigenvalue weighted by Crippen LogP contribution is 2.38. The number of carbonyl (C=O) groups is 2. The number of carbonyl (C=O) groups excluding carboxylic acids is 2. The summed E-state index contributed by atoms with van der Waals surface area (Å²) in [4.78, 5) is 35.0. The third kappa shape index (κ3) is 4.10. The molecule has 38 heavy (non-hydrogen) atoms. The van der Waals surface area contributed by atoms with Crippen molar-refractivity contribution >= 4 is 33.4 Å². The Morgan fingerprint density at radius 1 is 0.684 bits per heavy atom. The third-order valence-corrected chi connectivity index (χ3v) is 7.69. The van der Waals surface area contributed by atoms with Gasteiger partial charge in [0, 0.05) is 23.6 Å². The Hall–Kier alpha value is -3.88. The molecule has 1 aliphatic carbocycles. The lowest BCUT2D eigenvalue weighted by atomic mass is 9.90. The van der Waals surface area contributed by atoms with Crippen molar-refractivity contribution in [2.24, 2.45) is 0 Å². The van der Waals surface area contributed by atoms with Crippen LogP contribution in [0.1, 0.15) is 24.0 Å². The SMILES string of the molecule is O=C1CNCCC1Oc1cccc2cc3c(nc12)-c1nc2c(OC4CCNCC4=O)cccc2cc1CC3. The number of rotatable bonds is 4. The molecule has 2 aromatic carbocycles. The van der Waals surface area contributed by atoms with Gasteiger partial charge in [0.25, 0.3) is 0 Å². The fourth-order valence-corrected chi connectivity index (χ4v) is 5.68. The average Bonchev–Trinajstić information content (AvgIpc) is 2.94. The van der Waals surface area contributed by atoms with Gasteiger partial charge in [0.2, 0.25) is 0 Å². The van der Waals surface area contributed by atoms with Gasteiger partial charge in [0.05, 0.1) is 24.5 Å². The van der Waals surface area contributed by atoms with Gasteiger partial charge in [-0.2, -0.15) is 0 Å². The van der Waals surface area contributed by atoms with Gasteiger partial charge in [0.15, 0.2) is 23.8 Å². The highest BCUT2D eigenvalue weighted by atomic mass is 16.5. The minimum absolute atomic E-state index is 0.0597. The minimum atomic E-state index is -0.466. The molecule has 0 saturated carbocycles. The lowest BCUT2D eigenvalue weighted by Gasteiger charge is -2.25. The van der Waals surface area contributed by atoms with E-state index in [9.17, 15) is 9.59 Å². The van der Waals surface area contributed by atoms with Gasteiger partial charge in [-0.05, 0) is 61.3 Å². The standard InChI is InChI=1S/C30H28N4O4/c35-21-15-31-11-9-23(21)37-25-5-1-3-17-13-19-7-8-20-14-18-4-2-6-26(38-24-10-12-32-16-22(24)36)28(18)34-30(20)29(19)33-27(17)25/h1-6,13-14,23-24,31-32H,7-12,15-16H2. The molecule has 0 amide bonds. The molecule has 2 N–H and O–H groups in total. The van der Waals surface area contributed by atoms with E-state index in [4.69, 9.17) is 19.4 Å². The largest absolute Gasteiger partial charge is 0.480 e. The summed E-state index contributed by atoms with van der Waals surface area (Å²) in [5, 5.41) is 8.17. The number of nitrogens with one attached hydrogen (secondary N) is 2. The number of hydrogen-bond acceptors (Lipinski definition) is 8. The number of aryl methyl sites for hydroxylation is 2. The predicted molar refractivity (Wildman–Crippen MR) is 144 cm³/mol. The van der Waals surface area contributed by atoms with E-state index in [-0.39, 0.29) is 11.6 Å². The van der Waals surface area contributed by atoms with Crippen molar-refractivity contribution in [3.05, 3.63) is 59.7 Å². The van der Waals surface area contributed by atoms with Crippen LogP contribution in [0.25, 0.3) is 33.2 Å². The maximum atomic E-state index is 12.4. The van der Waals surface area contributed by atoms with E-state index < -0.39 is 12.2 Å². The molecule has 3 aliphatic rings. The number of benzene rings is 2. The number of ketones is 2. The number of nitrogens with zero attached hydrogens (tertiary/aromatic N) is 2. The molecule has 2 atom stereocenters. The van der Waals surface area contributed by atoms with E-state index in [1.165, 1.54) is 0 Å². The highest BCUT2D eigenvalue weighted by Gasteiger charge is 2.27. The van der Waals surface area contributed by atoms with Crippen LogP contribution in [0.15, 0.2) is 48.5 Å². The van der Waals surface area contributed by atoms with Crippen molar-refractivity contribution in [2.45, 2.75) is 37.9 Å². The molecule has 8 heteroatoms. The van der Waals surface area contributed by atoms with Gasteiger partial charge in [-0.1, -0.05) is 24.3 Å². The molecule has 4 heterocycles. The lowest BCUT2D eigenvalue weighted by Crippen LogP contribution is -2.43. The first-order valence-corrected chi connectivity index (χ1v) is 13.3. The zero-order valence-corrected chi connectivity index (χ0v) is 21.0. The molecule has 2 saturated heterocycles. The molecule has 0 radical (unpaired) electrons. The van der Waals surface area contributed by atoms with Crippen LogP contribution in [0.3, 0.4) is 0 Å². The quantitative estimate of drug-likeness (QED) is 0.434. The fourth-order valence-electron chi connectivity index (χ4n) is 5.68. The smallest absolute Gasteiger partial charge is 0.187 e. The first kappa shape index (κ1) is 23.3. The van der Waals surface area contributed by atoms with Gasteiger partial charge < -0.3 is 20.1 Å². The Labute approximate surface area is 219 Å². The second-order valence-corrected chi connectivity index (χ2v) is 10.2. The highest BCUT2D eigenvalue weighted by molar-refractivity contribution is 5.93. The molecular formula is C30H28N4O4. The summed E-state index contributed by atoms with van der Waals surface area (Å²) in [6.07, 6.45) is 2.09. The van der Waals surface area contributed by atoms with Gasteiger partial charge in [-0.25, -0.2) is 9.97 Å². The second kappa shape index (κ2) is 9.45. The molecule has 2 aliphatic heterocycles. The summed E-state index contributed by atoms with van der Waals surface area (Å²) in [6.45, 7) is 2.16. The van der Waals surface area contributed by atoms with Crippen molar-refractivity contribution in [1.82, 2.24) is 20.6 Å². The number of para-hydroxylation sites is 2. The monoisotopic (exact) mass is 508 g/mol. The van der Waals surface area contributed by atoms with Crippen LogP contribution in [0.5, 0.6) is 11.5 Å². The molecule has 4 aromatic rings. The van der Waals surface area contributed by atoms with E-state index >= 15 is 0 Å². The maximum absolute atomic E-state index is 12.4. The molecule has 2 fully saturated rings. The summed E-state index contributed by atoms with van der Waals surface area (Å²) >= 11 is 0. The lowest BCUT2D eigenvalue weighted by molar-refractivity contribution is -0.127. The van der Waals surface area contributed by atoms with Crippen LogP contribution in [0, 0.1) is 0 Å². The molecule has 0 spiro atoms.